The molecule has 0 aliphatic heterocycles. The first-order valence-electron chi connectivity index (χ1n) is 6.53. The van der Waals surface area contributed by atoms with Crippen molar-refractivity contribution < 1.29 is 14.3 Å². The number of carbonyl (C=O) groups is 1. The maximum absolute atomic E-state index is 11.6. The summed E-state index contributed by atoms with van der Waals surface area (Å²) in [5.41, 5.74) is -0.588. The standard InChI is InChI=1S/C13H28N2O3/c1-6-18-11-10-15(4)9-7-8-13(2,14-3)12(16)17-5/h14H,6-11H2,1-5H3. The Balaban J connectivity index is 3.89. The number of methoxy groups -OCH3 is 1. The fraction of sp³-hybridized carbons (Fsp3) is 0.923. The first-order chi connectivity index (χ1) is 8.50. The summed E-state index contributed by atoms with van der Waals surface area (Å²) in [6.45, 7) is 7.25. The third-order valence-corrected chi connectivity index (χ3v) is 3.23. The van der Waals surface area contributed by atoms with Crippen LogP contribution in [-0.2, 0) is 14.3 Å². The van der Waals surface area contributed by atoms with Crippen molar-refractivity contribution in [3.63, 3.8) is 0 Å². The third-order valence-electron chi connectivity index (χ3n) is 3.23. The van der Waals surface area contributed by atoms with Crippen molar-refractivity contribution in [2.75, 3.05) is 47.5 Å². The van der Waals surface area contributed by atoms with Gasteiger partial charge in [-0.2, -0.15) is 0 Å². The van der Waals surface area contributed by atoms with Crippen LogP contribution in [0.2, 0.25) is 0 Å². The van der Waals surface area contributed by atoms with Crippen molar-refractivity contribution in [1.29, 1.82) is 0 Å². The SMILES string of the molecule is CCOCCN(C)CCCC(C)(NC)C(=O)OC. The Hall–Kier alpha value is -0.650. The van der Waals surface area contributed by atoms with Crippen LogP contribution in [0.15, 0.2) is 0 Å². The van der Waals surface area contributed by atoms with Crippen molar-refractivity contribution in [1.82, 2.24) is 10.2 Å². The molecule has 1 atom stereocenters. The van der Waals surface area contributed by atoms with Gasteiger partial charge in [-0.05, 0) is 47.3 Å². The molecule has 0 amide bonds. The molecule has 0 aromatic heterocycles. The molecule has 0 saturated carbocycles. The van der Waals surface area contributed by atoms with Crippen LogP contribution in [0, 0.1) is 0 Å². The molecule has 0 heterocycles. The van der Waals surface area contributed by atoms with Crippen LogP contribution in [-0.4, -0.2) is 63.9 Å². The van der Waals surface area contributed by atoms with Crippen LogP contribution < -0.4 is 5.32 Å². The molecule has 5 heteroatoms. The number of nitrogens with one attached hydrogen (secondary N) is 1. The highest BCUT2D eigenvalue weighted by Gasteiger charge is 2.31. The molecule has 0 spiro atoms. The van der Waals surface area contributed by atoms with E-state index in [1.54, 1.807) is 7.05 Å². The van der Waals surface area contributed by atoms with E-state index >= 15 is 0 Å². The number of hydrogen-bond acceptors (Lipinski definition) is 5. The second-order valence-corrected chi connectivity index (χ2v) is 4.68. The van der Waals surface area contributed by atoms with E-state index in [0.29, 0.717) is 0 Å². The number of nitrogens with zero attached hydrogens (tertiary/aromatic N) is 1. The number of rotatable bonds is 10. The molecule has 0 aliphatic carbocycles. The molecule has 1 N–H and O–H groups in total. The van der Waals surface area contributed by atoms with Gasteiger partial charge in [-0.1, -0.05) is 0 Å². The normalized spacial score (nSPS) is 14.6. The Kier molecular flexibility index (Phi) is 8.97. The summed E-state index contributed by atoms with van der Waals surface area (Å²) in [5, 5.41) is 3.04. The number of likely N-dealkylation sites (N-methyl/N-ethyl adjacent to an activating group) is 2. The molecule has 0 radical (unpaired) electrons. The minimum absolute atomic E-state index is 0.207. The smallest absolute Gasteiger partial charge is 0.325 e. The molecule has 0 saturated heterocycles. The molecule has 108 valence electrons. The van der Waals surface area contributed by atoms with Crippen LogP contribution in [0.3, 0.4) is 0 Å². The Morgan fingerprint density at radius 1 is 1.39 bits per heavy atom. The third kappa shape index (κ3) is 6.33. The van der Waals surface area contributed by atoms with Gasteiger partial charge in [0.15, 0.2) is 0 Å². The van der Waals surface area contributed by atoms with Crippen LogP contribution in [0.1, 0.15) is 26.7 Å². The van der Waals surface area contributed by atoms with E-state index in [9.17, 15) is 4.79 Å². The lowest BCUT2D eigenvalue weighted by molar-refractivity contribution is -0.148. The molecule has 0 bridgehead atoms. The Labute approximate surface area is 111 Å². The van der Waals surface area contributed by atoms with Crippen molar-refractivity contribution in [2.24, 2.45) is 0 Å². The van der Waals surface area contributed by atoms with E-state index in [1.165, 1.54) is 7.11 Å². The number of ether oxygens (including phenoxy) is 2. The summed E-state index contributed by atoms with van der Waals surface area (Å²) in [6, 6.07) is 0. The van der Waals surface area contributed by atoms with Gasteiger partial charge in [-0.25, -0.2) is 0 Å². The lowest BCUT2D eigenvalue weighted by Gasteiger charge is -2.27. The molecule has 0 aromatic rings. The fourth-order valence-electron chi connectivity index (χ4n) is 1.73. The highest BCUT2D eigenvalue weighted by Crippen LogP contribution is 2.13. The lowest BCUT2D eigenvalue weighted by atomic mass is 9.96. The molecule has 0 fully saturated rings. The van der Waals surface area contributed by atoms with Gasteiger partial charge in [-0.3, -0.25) is 4.79 Å². The predicted molar refractivity (Wildman–Crippen MR) is 72.7 cm³/mol. The quantitative estimate of drug-likeness (QED) is 0.467. The molecular weight excluding hydrogens is 232 g/mol. The lowest BCUT2D eigenvalue weighted by Crippen LogP contribution is -2.48. The summed E-state index contributed by atoms with van der Waals surface area (Å²) < 4.78 is 10.1. The summed E-state index contributed by atoms with van der Waals surface area (Å²) in [6.07, 6.45) is 1.70. The first-order valence-corrected chi connectivity index (χ1v) is 6.53. The van der Waals surface area contributed by atoms with Gasteiger partial charge in [0.25, 0.3) is 0 Å². The minimum Gasteiger partial charge on any atom is -0.468 e. The molecule has 5 nitrogen and oxygen atoms in total. The molecule has 0 aromatic carbocycles. The molecule has 18 heavy (non-hydrogen) atoms. The van der Waals surface area contributed by atoms with E-state index in [0.717, 1.165) is 39.1 Å². The second kappa shape index (κ2) is 9.30. The van der Waals surface area contributed by atoms with Gasteiger partial charge in [0.05, 0.1) is 13.7 Å². The predicted octanol–water partition coefficient (Wildman–Crippen LogP) is 0.886. The molecule has 0 aliphatic rings. The van der Waals surface area contributed by atoms with Crippen molar-refractivity contribution in [3.05, 3.63) is 0 Å². The van der Waals surface area contributed by atoms with Crippen LogP contribution >= 0.6 is 0 Å². The summed E-state index contributed by atoms with van der Waals surface area (Å²) in [7, 11) is 5.27. The first kappa shape index (κ1) is 17.4. The topological polar surface area (TPSA) is 50.8 Å². The highest BCUT2D eigenvalue weighted by molar-refractivity contribution is 5.80. The highest BCUT2D eigenvalue weighted by atomic mass is 16.5. The van der Waals surface area contributed by atoms with Gasteiger partial charge < -0.3 is 19.7 Å². The number of hydrogen-bond donors (Lipinski definition) is 1. The van der Waals surface area contributed by atoms with E-state index in [4.69, 9.17) is 9.47 Å². The fourth-order valence-corrected chi connectivity index (χ4v) is 1.73. The van der Waals surface area contributed by atoms with Crippen molar-refractivity contribution >= 4 is 5.97 Å². The number of carbonyl (C=O) groups excluding carboxylic acids is 1. The van der Waals surface area contributed by atoms with E-state index in [1.807, 2.05) is 13.8 Å². The van der Waals surface area contributed by atoms with Gasteiger partial charge >= 0.3 is 5.97 Å². The Morgan fingerprint density at radius 3 is 2.56 bits per heavy atom. The molecular formula is C13H28N2O3. The molecule has 0 rings (SSSR count). The van der Waals surface area contributed by atoms with Gasteiger partial charge in [0, 0.05) is 13.2 Å². The van der Waals surface area contributed by atoms with Crippen molar-refractivity contribution in [2.45, 2.75) is 32.2 Å². The van der Waals surface area contributed by atoms with Gasteiger partial charge in [-0.15, -0.1) is 0 Å². The maximum Gasteiger partial charge on any atom is 0.325 e. The van der Waals surface area contributed by atoms with E-state index in [2.05, 4.69) is 17.3 Å². The monoisotopic (exact) mass is 260 g/mol. The maximum atomic E-state index is 11.6. The van der Waals surface area contributed by atoms with E-state index in [-0.39, 0.29) is 5.97 Å². The summed E-state index contributed by atoms with van der Waals surface area (Å²) in [4.78, 5) is 13.8. The summed E-state index contributed by atoms with van der Waals surface area (Å²) in [5.74, 6) is -0.207. The van der Waals surface area contributed by atoms with Crippen LogP contribution in [0.25, 0.3) is 0 Å². The minimum atomic E-state index is -0.588. The Morgan fingerprint density at radius 2 is 2.06 bits per heavy atom. The van der Waals surface area contributed by atoms with E-state index < -0.39 is 5.54 Å². The zero-order chi connectivity index (χ0) is 14.0. The van der Waals surface area contributed by atoms with Crippen molar-refractivity contribution in [3.8, 4) is 0 Å². The number of esters is 1. The van der Waals surface area contributed by atoms with Crippen LogP contribution in [0.5, 0.6) is 0 Å². The zero-order valence-corrected chi connectivity index (χ0v) is 12.4. The second-order valence-electron chi connectivity index (χ2n) is 4.68. The van der Waals surface area contributed by atoms with Crippen LogP contribution in [0.4, 0.5) is 0 Å². The summed E-state index contributed by atoms with van der Waals surface area (Å²) >= 11 is 0. The average Bonchev–Trinajstić information content (AvgIpc) is 2.37. The average molecular weight is 260 g/mol. The Bertz CT molecular complexity index is 236. The largest absolute Gasteiger partial charge is 0.468 e. The zero-order valence-electron chi connectivity index (χ0n) is 12.4. The van der Waals surface area contributed by atoms with Gasteiger partial charge in [0.1, 0.15) is 5.54 Å². The van der Waals surface area contributed by atoms with Gasteiger partial charge in [0.2, 0.25) is 0 Å². The molecule has 1 unspecified atom stereocenters.